The summed E-state index contributed by atoms with van der Waals surface area (Å²) in [6.07, 6.45) is 3.61. The highest BCUT2D eigenvalue weighted by atomic mass is 79.9. The van der Waals surface area contributed by atoms with Crippen molar-refractivity contribution in [1.82, 2.24) is 9.97 Å². The molecule has 24 heavy (non-hydrogen) atoms. The second-order valence-electron chi connectivity index (χ2n) is 5.06. The zero-order valence-corrected chi connectivity index (χ0v) is 14.8. The quantitative estimate of drug-likeness (QED) is 0.738. The van der Waals surface area contributed by atoms with E-state index in [0.29, 0.717) is 28.2 Å². The largest absolute Gasteiger partial charge is 0.493 e. The van der Waals surface area contributed by atoms with Crippen molar-refractivity contribution in [3.8, 4) is 11.5 Å². The highest BCUT2D eigenvalue weighted by Crippen LogP contribution is 2.28. The molecule has 0 fully saturated rings. The van der Waals surface area contributed by atoms with Gasteiger partial charge in [-0.3, -0.25) is 4.79 Å². The molecule has 5 nitrogen and oxygen atoms in total. The standard InChI is InChI=1S/C18H15BrN2O3/c1-23-15-7-3-11(9-16(15)24-2)4-8-17-20-14-6-5-12(19)10-13(14)18(22)21-17/h3-10H,1-2H3,(H,20,21,22)/b8-4-. The fourth-order valence-corrected chi connectivity index (χ4v) is 2.70. The molecule has 0 aliphatic heterocycles. The van der Waals surface area contributed by atoms with E-state index in [-0.39, 0.29) is 5.56 Å². The summed E-state index contributed by atoms with van der Waals surface area (Å²) in [4.78, 5) is 19.4. The Morgan fingerprint density at radius 3 is 2.58 bits per heavy atom. The van der Waals surface area contributed by atoms with Gasteiger partial charge in [-0.05, 0) is 42.0 Å². The number of hydrogen-bond acceptors (Lipinski definition) is 4. The molecule has 0 radical (unpaired) electrons. The average Bonchev–Trinajstić information content (AvgIpc) is 2.60. The molecule has 0 saturated heterocycles. The molecule has 3 rings (SSSR count). The molecule has 1 N–H and O–H groups in total. The molecule has 0 amide bonds. The summed E-state index contributed by atoms with van der Waals surface area (Å²) in [5.41, 5.74) is 1.38. The Labute approximate surface area is 147 Å². The van der Waals surface area contributed by atoms with Crippen molar-refractivity contribution in [2.75, 3.05) is 14.2 Å². The average molecular weight is 387 g/mol. The second kappa shape index (κ2) is 6.88. The van der Waals surface area contributed by atoms with Gasteiger partial charge in [-0.2, -0.15) is 0 Å². The van der Waals surface area contributed by atoms with Crippen LogP contribution >= 0.6 is 15.9 Å². The van der Waals surface area contributed by atoms with Crippen LogP contribution in [0.1, 0.15) is 11.4 Å². The molecule has 1 aromatic heterocycles. The van der Waals surface area contributed by atoms with Gasteiger partial charge in [0.2, 0.25) is 0 Å². The minimum atomic E-state index is -0.173. The Bertz CT molecular complexity index is 980. The fraction of sp³-hybridized carbons (Fsp3) is 0.111. The van der Waals surface area contributed by atoms with E-state index in [1.54, 1.807) is 26.4 Å². The van der Waals surface area contributed by atoms with Crippen LogP contribution in [-0.4, -0.2) is 24.2 Å². The van der Waals surface area contributed by atoms with Crippen molar-refractivity contribution in [2.45, 2.75) is 0 Å². The number of rotatable bonds is 4. The van der Waals surface area contributed by atoms with Crippen LogP contribution in [0.25, 0.3) is 23.1 Å². The molecule has 3 aromatic rings. The number of aromatic nitrogens is 2. The number of nitrogens with one attached hydrogen (secondary N) is 1. The highest BCUT2D eigenvalue weighted by Gasteiger charge is 2.04. The lowest BCUT2D eigenvalue weighted by Crippen LogP contribution is -2.09. The molecule has 0 saturated carbocycles. The Kier molecular flexibility index (Phi) is 4.66. The first-order valence-corrected chi connectivity index (χ1v) is 7.99. The van der Waals surface area contributed by atoms with E-state index in [1.807, 2.05) is 36.4 Å². The lowest BCUT2D eigenvalue weighted by Gasteiger charge is -2.07. The lowest BCUT2D eigenvalue weighted by molar-refractivity contribution is 0.355. The van der Waals surface area contributed by atoms with Crippen LogP contribution in [0.2, 0.25) is 0 Å². The Morgan fingerprint density at radius 1 is 1.04 bits per heavy atom. The van der Waals surface area contributed by atoms with Crippen molar-refractivity contribution in [2.24, 2.45) is 0 Å². The van der Waals surface area contributed by atoms with Crippen molar-refractivity contribution in [1.29, 1.82) is 0 Å². The van der Waals surface area contributed by atoms with E-state index in [2.05, 4.69) is 25.9 Å². The topological polar surface area (TPSA) is 64.2 Å². The maximum Gasteiger partial charge on any atom is 0.259 e. The van der Waals surface area contributed by atoms with Gasteiger partial charge in [0.1, 0.15) is 5.82 Å². The van der Waals surface area contributed by atoms with Gasteiger partial charge in [-0.15, -0.1) is 0 Å². The first kappa shape index (κ1) is 16.3. The molecule has 122 valence electrons. The number of benzene rings is 2. The van der Waals surface area contributed by atoms with E-state index in [9.17, 15) is 4.79 Å². The summed E-state index contributed by atoms with van der Waals surface area (Å²) >= 11 is 3.36. The van der Waals surface area contributed by atoms with Crippen LogP contribution in [0, 0.1) is 0 Å². The summed E-state index contributed by atoms with van der Waals surface area (Å²) in [6, 6.07) is 11.0. The smallest absolute Gasteiger partial charge is 0.259 e. The van der Waals surface area contributed by atoms with Gasteiger partial charge < -0.3 is 14.5 Å². The molecular weight excluding hydrogens is 372 g/mol. The van der Waals surface area contributed by atoms with E-state index < -0.39 is 0 Å². The fourth-order valence-electron chi connectivity index (χ4n) is 2.34. The van der Waals surface area contributed by atoms with Gasteiger partial charge in [-0.1, -0.05) is 28.1 Å². The first-order valence-electron chi connectivity index (χ1n) is 7.20. The van der Waals surface area contributed by atoms with Crippen LogP contribution in [0.3, 0.4) is 0 Å². The Hall–Kier alpha value is -2.60. The molecule has 0 unspecified atom stereocenters. The zero-order chi connectivity index (χ0) is 17.1. The molecule has 0 aliphatic carbocycles. The van der Waals surface area contributed by atoms with E-state index in [1.165, 1.54) is 0 Å². The van der Waals surface area contributed by atoms with E-state index in [0.717, 1.165) is 10.0 Å². The minimum Gasteiger partial charge on any atom is -0.493 e. The summed E-state index contributed by atoms with van der Waals surface area (Å²) in [5.74, 6) is 1.80. The normalized spacial score (nSPS) is 11.1. The second-order valence-corrected chi connectivity index (χ2v) is 5.98. The van der Waals surface area contributed by atoms with Crippen LogP contribution in [-0.2, 0) is 0 Å². The first-order chi connectivity index (χ1) is 11.6. The molecular formula is C18H15BrN2O3. The van der Waals surface area contributed by atoms with Crippen molar-refractivity contribution in [3.63, 3.8) is 0 Å². The van der Waals surface area contributed by atoms with Crippen LogP contribution in [0.4, 0.5) is 0 Å². The number of aromatic amines is 1. The summed E-state index contributed by atoms with van der Waals surface area (Å²) in [5, 5.41) is 0.549. The van der Waals surface area contributed by atoms with Crippen LogP contribution in [0.5, 0.6) is 11.5 Å². The van der Waals surface area contributed by atoms with Crippen molar-refractivity contribution >= 4 is 39.0 Å². The summed E-state index contributed by atoms with van der Waals surface area (Å²) < 4.78 is 11.3. The molecule has 0 aliphatic rings. The van der Waals surface area contributed by atoms with E-state index >= 15 is 0 Å². The van der Waals surface area contributed by atoms with Crippen molar-refractivity contribution in [3.05, 3.63) is 62.6 Å². The van der Waals surface area contributed by atoms with Gasteiger partial charge in [0.25, 0.3) is 5.56 Å². The lowest BCUT2D eigenvalue weighted by atomic mass is 10.2. The molecule has 2 aromatic carbocycles. The number of methoxy groups -OCH3 is 2. The third kappa shape index (κ3) is 3.33. The molecule has 1 heterocycles. The van der Waals surface area contributed by atoms with Crippen molar-refractivity contribution < 1.29 is 9.47 Å². The predicted molar refractivity (Wildman–Crippen MR) is 98.5 cm³/mol. The van der Waals surface area contributed by atoms with E-state index in [4.69, 9.17) is 9.47 Å². The summed E-state index contributed by atoms with van der Waals surface area (Å²) in [7, 11) is 3.18. The van der Waals surface area contributed by atoms with Gasteiger partial charge in [-0.25, -0.2) is 4.98 Å². The number of nitrogens with zero attached hydrogens (tertiary/aromatic N) is 1. The maximum absolute atomic E-state index is 12.2. The number of ether oxygens (including phenoxy) is 2. The molecule has 0 spiro atoms. The number of H-pyrrole nitrogens is 1. The predicted octanol–water partition coefficient (Wildman–Crippen LogP) is 3.87. The third-order valence-corrected chi connectivity index (χ3v) is 4.02. The monoisotopic (exact) mass is 386 g/mol. The van der Waals surface area contributed by atoms with Gasteiger partial charge in [0.05, 0.1) is 25.1 Å². The Balaban J connectivity index is 1.96. The minimum absolute atomic E-state index is 0.173. The number of halogens is 1. The third-order valence-electron chi connectivity index (χ3n) is 3.53. The summed E-state index contributed by atoms with van der Waals surface area (Å²) in [6.45, 7) is 0. The van der Waals surface area contributed by atoms with Crippen LogP contribution < -0.4 is 15.0 Å². The van der Waals surface area contributed by atoms with Gasteiger partial charge in [0.15, 0.2) is 11.5 Å². The number of hydrogen-bond donors (Lipinski definition) is 1. The van der Waals surface area contributed by atoms with Gasteiger partial charge >= 0.3 is 0 Å². The highest BCUT2D eigenvalue weighted by molar-refractivity contribution is 9.10. The van der Waals surface area contributed by atoms with Gasteiger partial charge in [0, 0.05) is 4.47 Å². The zero-order valence-electron chi connectivity index (χ0n) is 13.2. The SMILES string of the molecule is COc1ccc(/C=C\c2nc3ccc(Br)cc3c(=O)[nH]2)cc1OC. The Morgan fingerprint density at radius 2 is 1.83 bits per heavy atom. The maximum atomic E-state index is 12.2. The number of fused-ring (bicyclic) bond motifs is 1. The molecule has 0 bridgehead atoms. The molecule has 0 atom stereocenters. The molecule has 6 heteroatoms. The van der Waals surface area contributed by atoms with Crippen LogP contribution in [0.15, 0.2) is 45.7 Å².